The third kappa shape index (κ3) is 3.71. The number of rotatable bonds is 4. The summed E-state index contributed by atoms with van der Waals surface area (Å²) in [7, 11) is 0. The molecule has 0 radical (unpaired) electrons. The van der Waals surface area contributed by atoms with Crippen LogP contribution in [0.3, 0.4) is 0 Å². The molecule has 4 heteroatoms. The number of fused-ring (bicyclic) bond motifs is 1. The fourth-order valence-electron chi connectivity index (χ4n) is 4.46. The van der Waals surface area contributed by atoms with E-state index in [1.165, 1.54) is 55.2 Å². The molecule has 0 amide bonds. The van der Waals surface area contributed by atoms with Gasteiger partial charge in [-0.1, -0.05) is 49.4 Å². The summed E-state index contributed by atoms with van der Waals surface area (Å²) in [5.41, 5.74) is 5.65. The molecule has 0 atom stereocenters. The van der Waals surface area contributed by atoms with Crippen LogP contribution in [-0.4, -0.2) is 14.6 Å². The number of benzene rings is 1. The van der Waals surface area contributed by atoms with Crippen molar-refractivity contribution in [2.45, 2.75) is 71.8 Å². The number of aryl methyl sites for hydroxylation is 3. The summed E-state index contributed by atoms with van der Waals surface area (Å²) >= 11 is 0. The van der Waals surface area contributed by atoms with Crippen molar-refractivity contribution >= 4 is 5.65 Å². The average Bonchev–Trinajstić information content (AvgIpc) is 2.89. The fourth-order valence-corrected chi connectivity index (χ4v) is 4.46. The van der Waals surface area contributed by atoms with E-state index in [1.807, 2.05) is 0 Å². The van der Waals surface area contributed by atoms with E-state index in [1.54, 1.807) is 0 Å². The van der Waals surface area contributed by atoms with Crippen LogP contribution < -0.4 is 4.74 Å². The van der Waals surface area contributed by atoms with Gasteiger partial charge in [0.15, 0.2) is 5.65 Å². The lowest BCUT2D eigenvalue weighted by Gasteiger charge is -2.14. The Morgan fingerprint density at radius 3 is 2.41 bits per heavy atom. The zero-order valence-electron chi connectivity index (χ0n) is 16.7. The molecular weight excluding hydrogens is 334 g/mol. The summed E-state index contributed by atoms with van der Waals surface area (Å²) in [6, 6.07) is 8.53. The lowest BCUT2D eigenvalue weighted by molar-refractivity contribution is 0.302. The molecule has 2 aromatic heterocycles. The van der Waals surface area contributed by atoms with Gasteiger partial charge in [0.05, 0.1) is 0 Å². The highest BCUT2D eigenvalue weighted by Gasteiger charge is 2.20. The number of aromatic nitrogens is 3. The van der Waals surface area contributed by atoms with E-state index < -0.39 is 0 Å². The van der Waals surface area contributed by atoms with Gasteiger partial charge in [-0.3, -0.25) is 4.40 Å². The lowest BCUT2D eigenvalue weighted by atomic mass is 9.99. The summed E-state index contributed by atoms with van der Waals surface area (Å²) in [5.74, 6) is 2.63. The molecule has 0 N–H and O–H groups in total. The van der Waals surface area contributed by atoms with Gasteiger partial charge in [-0.2, -0.15) is 0 Å². The van der Waals surface area contributed by atoms with Crippen LogP contribution in [0.1, 0.15) is 72.5 Å². The second-order valence-corrected chi connectivity index (χ2v) is 7.99. The first kappa shape index (κ1) is 18.0. The quantitative estimate of drug-likeness (QED) is 0.561. The van der Waals surface area contributed by atoms with E-state index >= 15 is 0 Å². The van der Waals surface area contributed by atoms with Gasteiger partial charge in [-0.25, -0.2) is 0 Å². The summed E-state index contributed by atoms with van der Waals surface area (Å²) in [5, 5.41) is 9.11. The Labute approximate surface area is 161 Å². The maximum Gasteiger partial charge on any atom is 0.167 e. The normalized spacial score (nSPS) is 15.8. The largest absolute Gasteiger partial charge is 0.488 e. The van der Waals surface area contributed by atoms with Crippen molar-refractivity contribution in [3.8, 4) is 5.75 Å². The summed E-state index contributed by atoms with van der Waals surface area (Å²) in [6.07, 6.45) is 9.85. The molecule has 1 saturated carbocycles. The monoisotopic (exact) mass is 363 g/mol. The van der Waals surface area contributed by atoms with E-state index in [0.29, 0.717) is 12.5 Å². The summed E-state index contributed by atoms with van der Waals surface area (Å²) < 4.78 is 8.39. The third-order valence-corrected chi connectivity index (χ3v) is 5.74. The number of hydrogen-bond acceptors (Lipinski definition) is 3. The zero-order chi connectivity index (χ0) is 18.8. The average molecular weight is 364 g/mol. The predicted molar refractivity (Wildman–Crippen MR) is 108 cm³/mol. The molecule has 4 nitrogen and oxygen atoms in total. The summed E-state index contributed by atoms with van der Waals surface area (Å²) in [6.45, 7) is 6.85. The van der Waals surface area contributed by atoms with Gasteiger partial charge in [0.2, 0.25) is 0 Å². The molecule has 0 aliphatic heterocycles. The Hall–Kier alpha value is -2.36. The van der Waals surface area contributed by atoms with Crippen LogP contribution in [0.15, 0.2) is 30.5 Å². The second-order valence-electron chi connectivity index (χ2n) is 7.99. The molecule has 27 heavy (non-hydrogen) atoms. The smallest absolute Gasteiger partial charge is 0.167 e. The van der Waals surface area contributed by atoms with Crippen LogP contribution in [0.5, 0.6) is 5.75 Å². The van der Waals surface area contributed by atoms with Crippen LogP contribution in [0.2, 0.25) is 0 Å². The van der Waals surface area contributed by atoms with E-state index in [2.05, 4.69) is 65.8 Å². The zero-order valence-corrected chi connectivity index (χ0v) is 16.7. The molecule has 0 spiro atoms. The standard InChI is InChI=1S/C23H29N3O/c1-16-13-17(2)21(18(3)14-16)27-15-20-11-8-12-26-22(24-25-23(20)26)19-9-6-4-5-7-10-19/h8,11-14,19H,4-7,9-10,15H2,1-3H3. The molecule has 0 unspecified atom stereocenters. The molecule has 4 rings (SSSR count). The molecule has 3 aromatic rings. The number of pyridine rings is 1. The Balaban J connectivity index is 1.60. The molecular formula is C23H29N3O. The van der Waals surface area contributed by atoms with Crippen LogP contribution in [0.4, 0.5) is 0 Å². The van der Waals surface area contributed by atoms with Crippen LogP contribution in [-0.2, 0) is 6.61 Å². The first-order valence-corrected chi connectivity index (χ1v) is 10.2. The highest BCUT2D eigenvalue weighted by molar-refractivity contribution is 5.48. The fraction of sp³-hybridized carbons (Fsp3) is 0.478. The van der Waals surface area contributed by atoms with Crippen molar-refractivity contribution in [2.24, 2.45) is 0 Å². The molecule has 142 valence electrons. The molecule has 1 fully saturated rings. The molecule has 0 bridgehead atoms. The highest BCUT2D eigenvalue weighted by atomic mass is 16.5. The van der Waals surface area contributed by atoms with Crippen molar-refractivity contribution in [3.63, 3.8) is 0 Å². The number of nitrogens with zero attached hydrogens (tertiary/aromatic N) is 3. The summed E-state index contributed by atoms with van der Waals surface area (Å²) in [4.78, 5) is 0. The van der Waals surface area contributed by atoms with Gasteiger partial charge >= 0.3 is 0 Å². The SMILES string of the molecule is Cc1cc(C)c(OCc2cccn3c(C4CCCCCC4)nnc23)c(C)c1. The molecule has 0 saturated heterocycles. The van der Waals surface area contributed by atoms with Gasteiger partial charge in [0.1, 0.15) is 18.2 Å². The van der Waals surface area contributed by atoms with Crippen molar-refractivity contribution < 1.29 is 4.74 Å². The van der Waals surface area contributed by atoms with E-state index in [-0.39, 0.29) is 0 Å². The molecule has 1 aliphatic carbocycles. The van der Waals surface area contributed by atoms with Crippen LogP contribution in [0, 0.1) is 20.8 Å². The highest BCUT2D eigenvalue weighted by Crippen LogP contribution is 2.31. The van der Waals surface area contributed by atoms with Crippen molar-refractivity contribution in [2.75, 3.05) is 0 Å². The maximum absolute atomic E-state index is 6.21. The Morgan fingerprint density at radius 2 is 1.70 bits per heavy atom. The first-order valence-electron chi connectivity index (χ1n) is 10.2. The van der Waals surface area contributed by atoms with Crippen molar-refractivity contribution in [1.29, 1.82) is 0 Å². The van der Waals surface area contributed by atoms with Crippen LogP contribution >= 0.6 is 0 Å². The maximum atomic E-state index is 6.21. The van der Waals surface area contributed by atoms with E-state index in [4.69, 9.17) is 4.74 Å². The molecule has 2 heterocycles. The predicted octanol–water partition coefficient (Wildman–Crippen LogP) is 5.67. The minimum Gasteiger partial charge on any atom is -0.488 e. The molecule has 1 aliphatic rings. The molecule has 1 aromatic carbocycles. The third-order valence-electron chi connectivity index (χ3n) is 5.74. The topological polar surface area (TPSA) is 39.4 Å². The Kier molecular flexibility index (Phi) is 5.15. The van der Waals surface area contributed by atoms with E-state index in [9.17, 15) is 0 Å². The Morgan fingerprint density at radius 1 is 1.00 bits per heavy atom. The van der Waals surface area contributed by atoms with Crippen molar-refractivity contribution in [3.05, 3.63) is 58.5 Å². The second kappa shape index (κ2) is 7.71. The van der Waals surface area contributed by atoms with Gasteiger partial charge in [-0.05, 0) is 50.8 Å². The van der Waals surface area contributed by atoms with Gasteiger partial charge in [0.25, 0.3) is 0 Å². The minimum atomic E-state index is 0.512. The Bertz CT molecular complexity index is 913. The van der Waals surface area contributed by atoms with Gasteiger partial charge in [-0.15, -0.1) is 10.2 Å². The van der Waals surface area contributed by atoms with Crippen molar-refractivity contribution in [1.82, 2.24) is 14.6 Å². The lowest BCUT2D eigenvalue weighted by Crippen LogP contribution is -2.05. The van der Waals surface area contributed by atoms with Gasteiger partial charge < -0.3 is 4.74 Å². The van der Waals surface area contributed by atoms with E-state index in [0.717, 1.165) is 22.8 Å². The minimum absolute atomic E-state index is 0.512. The van der Waals surface area contributed by atoms with Gasteiger partial charge in [0, 0.05) is 17.7 Å². The number of hydrogen-bond donors (Lipinski definition) is 0. The van der Waals surface area contributed by atoms with Crippen LogP contribution in [0.25, 0.3) is 5.65 Å². The first-order chi connectivity index (χ1) is 13.1. The number of ether oxygens (including phenoxy) is 1.